The van der Waals surface area contributed by atoms with Gasteiger partial charge in [-0.05, 0) is 44.7 Å². The van der Waals surface area contributed by atoms with E-state index in [0.717, 1.165) is 12.8 Å². The number of carbonyl (C=O) groups is 1. The van der Waals surface area contributed by atoms with Crippen LogP contribution in [0.1, 0.15) is 32.6 Å². The van der Waals surface area contributed by atoms with Gasteiger partial charge >= 0.3 is 0 Å². The highest BCUT2D eigenvalue weighted by atomic mass is 16.5. The van der Waals surface area contributed by atoms with Crippen molar-refractivity contribution in [2.24, 2.45) is 0 Å². The van der Waals surface area contributed by atoms with E-state index < -0.39 is 0 Å². The summed E-state index contributed by atoms with van der Waals surface area (Å²) in [5.41, 5.74) is 0. The molecule has 0 aromatic heterocycles. The zero-order chi connectivity index (χ0) is 16.2. The molecule has 2 fully saturated rings. The van der Waals surface area contributed by atoms with E-state index in [-0.39, 0.29) is 12.5 Å². The van der Waals surface area contributed by atoms with Crippen LogP contribution < -0.4 is 14.8 Å². The topological polar surface area (TPSA) is 50.8 Å². The molecule has 2 atom stereocenters. The number of rotatable bonds is 6. The first kappa shape index (κ1) is 16.1. The van der Waals surface area contributed by atoms with Gasteiger partial charge in [-0.15, -0.1) is 0 Å². The highest BCUT2D eigenvalue weighted by Crippen LogP contribution is 2.30. The average molecular weight is 318 g/mol. The van der Waals surface area contributed by atoms with Crippen LogP contribution in [0.15, 0.2) is 24.3 Å². The highest BCUT2D eigenvalue weighted by molar-refractivity contribution is 5.78. The minimum atomic E-state index is 0.0302. The molecule has 1 N–H and O–H groups in total. The smallest absolute Gasteiger partial charge is 0.260 e. The molecule has 3 rings (SSSR count). The first-order valence-corrected chi connectivity index (χ1v) is 8.53. The number of hydrogen-bond donors (Lipinski definition) is 1. The summed E-state index contributed by atoms with van der Waals surface area (Å²) in [5, 5.41) is 3.61. The number of likely N-dealkylation sites (N-methyl/N-ethyl adjacent to an activating group) is 1. The SMILES string of the molecule is CCOc1ccccc1OCC(=O)N(C)C1CC2CCC(C1)N2. The Morgan fingerprint density at radius 2 is 1.78 bits per heavy atom. The van der Waals surface area contributed by atoms with Gasteiger partial charge in [-0.2, -0.15) is 0 Å². The number of amides is 1. The summed E-state index contributed by atoms with van der Waals surface area (Å²) in [5.74, 6) is 1.34. The van der Waals surface area contributed by atoms with Crippen LogP contribution in [-0.4, -0.2) is 49.2 Å². The van der Waals surface area contributed by atoms with Crippen LogP contribution in [0, 0.1) is 0 Å². The number of ether oxygens (including phenoxy) is 2. The predicted molar refractivity (Wildman–Crippen MR) is 88.8 cm³/mol. The third-order valence-corrected chi connectivity index (χ3v) is 4.89. The first-order chi connectivity index (χ1) is 11.2. The van der Waals surface area contributed by atoms with Crippen molar-refractivity contribution in [2.75, 3.05) is 20.3 Å². The fourth-order valence-corrected chi connectivity index (χ4v) is 3.63. The molecule has 0 radical (unpaired) electrons. The van der Waals surface area contributed by atoms with Gasteiger partial charge in [0.1, 0.15) is 0 Å². The lowest BCUT2D eigenvalue weighted by molar-refractivity contribution is -0.134. The Kier molecular flexibility index (Phi) is 5.06. The van der Waals surface area contributed by atoms with E-state index in [1.807, 2.05) is 43.1 Å². The lowest BCUT2D eigenvalue weighted by atomic mass is 9.98. The molecule has 0 spiro atoms. The van der Waals surface area contributed by atoms with E-state index in [1.165, 1.54) is 12.8 Å². The molecule has 1 amide bonds. The molecule has 126 valence electrons. The van der Waals surface area contributed by atoms with Gasteiger partial charge < -0.3 is 19.7 Å². The lowest BCUT2D eigenvalue weighted by Crippen LogP contribution is -2.49. The van der Waals surface area contributed by atoms with Crippen molar-refractivity contribution in [3.63, 3.8) is 0 Å². The molecular weight excluding hydrogens is 292 g/mol. The molecule has 0 saturated carbocycles. The van der Waals surface area contributed by atoms with E-state index in [0.29, 0.717) is 36.2 Å². The van der Waals surface area contributed by atoms with Gasteiger partial charge in [0.25, 0.3) is 5.91 Å². The minimum absolute atomic E-state index is 0.0302. The molecular formula is C18H26N2O3. The van der Waals surface area contributed by atoms with E-state index >= 15 is 0 Å². The van der Waals surface area contributed by atoms with Crippen LogP contribution in [0.25, 0.3) is 0 Å². The van der Waals surface area contributed by atoms with Gasteiger partial charge in [-0.25, -0.2) is 0 Å². The quantitative estimate of drug-likeness (QED) is 0.874. The fourth-order valence-electron chi connectivity index (χ4n) is 3.63. The van der Waals surface area contributed by atoms with Crippen LogP contribution >= 0.6 is 0 Å². The highest BCUT2D eigenvalue weighted by Gasteiger charge is 2.36. The number of benzene rings is 1. The summed E-state index contributed by atoms with van der Waals surface area (Å²) in [7, 11) is 1.90. The van der Waals surface area contributed by atoms with Crippen molar-refractivity contribution in [1.82, 2.24) is 10.2 Å². The standard InChI is InChI=1S/C18H26N2O3/c1-3-22-16-6-4-5-7-17(16)23-12-18(21)20(2)15-10-13-8-9-14(11-15)19-13/h4-7,13-15,19H,3,8-12H2,1-2H3. The lowest BCUT2D eigenvalue weighted by Gasteiger charge is -2.35. The fraction of sp³-hybridized carbons (Fsp3) is 0.611. The number of carbonyl (C=O) groups excluding carboxylic acids is 1. The molecule has 2 heterocycles. The number of piperidine rings is 1. The van der Waals surface area contributed by atoms with Crippen LogP contribution in [0.2, 0.25) is 0 Å². The molecule has 2 unspecified atom stereocenters. The summed E-state index contributed by atoms with van der Waals surface area (Å²) >= 11 is 0. The molecule has 5 nitrogen and oxygen atoms in total. The number of fused-ring (bicyclic) bond motifs is 2. The Balaban J connectivity index is 1.55. The van der Waals surface area contributed by atoms with E-state index in [9.17, 15) is 4.79 Å². The molecule has 2 bridgehead atoms. The van der Waals surface area contributed by atoms with E-state index in [2.05, 4.69) is 5.32 Å². The van der Waals surface area contributed by atoms with Gasteiger partial charge in [0, 0.05) is 25.2 Å². The number of hydrogen-bond acceptors (Lipinski definition) is 4. The number of nitrogens with zero attached hydrogens (tertiary/aromatic N) is 1. The first-order valence-electron chi connectivity index (χ1n) is 8.53. The van der Waals surface area contributed by atoms with Crippen molar-refractivity contribution in [2.45, 2.75) is 50.7 Å². The maximum Gasteiger partial charge on any atom is 0.260 e. The van der Waals surface area contributed by atoms with E-state index in [4.69, 9.17) is 9.47 Å². The van der Waals surface area contributed by atoms with Crippen molar-refractivity contribution < 1.29 is 14.3 Å². The summed E-state index contributed by atoms with van der Waals surface area (Å²) in [6.45, 7) is 2.56. The molecule has 2 aliphatic rings. The Hall–Kier alpha value is -1.75. The van der Waals surface area contributed by atoms with Crippen molar-refractivity contribution in [3.8, 4) is 11.5 Å². The maximum atomic E-state index is 12.5. The second kappa shape index (κ2) is 7.21. The van der Waals surface area contributed by atoms with Crippen molar-refractivity contribution in [3.05, 3.63) is 24.3 Å². The maximum absolute atomic E-state index is 12.5. The second-order valence-corrected chi connectivity index (χ2v) is 6.44. The van der Waals surface area contributed by atoms with Gasteiger partial charge in [0.2, 0.25) is 0 Å². The zero-order valence-corrected chi connectivity index (χ0v) is 14.0. The van der Waals surface area contributed by atoms with E-state index in [1.54, 1.807) is 0 Å². The minimum Gasteiger partial charge on any atom is -0.490 e. The van der Waals surface area contributed by atoms with Crippen molar-refractivity contribution >= 4 is 5.91 Å². The van der Waals surface area contributed by atoms with Crippen LogP contribution in [0.3, 0.4) is 0 Å². The van der Waals surface area contributed by atoms with Gasteiger partial charge in [0.05, 0.1) is 6.61 Å². The largest absolute Gasteiger partial charge is 0.490 e. The zero-order valence-electron chi connectivity index (χ0n) is 14.0. The van der Waals surface area contributed by atoms with Crippen molar-refractivity contribution in [1.29, 1.82) is 0 Å². The van der Waals surface area contributed by atoms with Crippen LogP contribution in [0.5, 0.6) is 11.5 Å². The Bertz CT molecular complexity index is 537. The number of para-hydroxylation sites is 2. The Morgan fingerprint density at radius 1 is 1.17 bits per heavy atom. The monoisotopic (exact) mass is 318 g/mol. The molecule has 1 aromatic rings. The summed E-state index contributed by atoms with van der Waals surface area (Å²) < 4.78 is 11.2. The van der Waals surface area contributed by atoms with Gasteiger partial charge in [0.15, 0.2) is 18.1 Å². The molecule has 2 aliphatic heterocycles. The van der Waals surface area contributed by atoms with Gasteiger partial charge in [-0.1, -0.05) is 12.1 Å². The van der Waals surface area contributed by atoms with Crippen LogP contribution in [-0.2, 0) is 4.79 Å². The second-order valence-electron chi connectivity index (χ2n) is 6.44. The normalized spacial score (nSPS) is 25.9. The molecule has 5 heteroatoms. The molecule has 1 aromatic carbocycles. The van der Waals surface area contributed by atoms with Crippen LogP contribution in [0.4, 0.5) is 0 Å². The summed E-state index contributed by atoms with van der Waals surface area (Å²) in [6, 6.07) is 8.96. The molecule has 23 heavy (non-hydrogen) atoms. The number of nitrogens with one attached hydrogen (secondary N) is 1. The third-order valence-electron chi connectivity index (χ3n) is 4.89. The Morgan fingerprint density at radius 3 is 2.39 bits per heavy atom. The summed E-state index contributed by atoms with van der Waals surface area (Å²) in [6.07, 6.45) is 4.57. The molecule has 0 aliphatic carbocycles. The Labute approximate surface area is 137 Å². The molecule has 2 saturated heterocycles. The average Bonchev–Trinajstić information content (AvgIpc) is 2.91. The third kappa shape index (κ3) is 3.78. The predicted octanol–water partition coefficient (Wildman–Crippen LogP) is 2.21. The van der Waals surface area contributed by atoms with Gasteiger partial charge in [-0.3, -0.25) is 4.79 Å². The summed E-state index contributed by atoms with van der Waals surface area (Å²) in [4.78, 5) is 14.3.